The van der Waals surface area contributed by atoms with Gasteiger partial charge in [0.05, 0.1) is 19.6 Å². The lowest BCUT2D eigenvalue weighted by molar-refractivity contribution is -0.122. The fraction of sp³-hybridized carbons (Fsp3) is 0.458. The zero-order valence-corrected chi connectivity index (χ0v) is 17.8. The molecule has 28 heavy (non-hydrogen) atoms. The molecule has 0 spiro atoms. The largest absolute Gasteiger partial charge is 0.493 e. The van der Waals surface area contributed by atoms with Crippen LogP contribution >= 0.6 is 0 Å². The molecule has 3 rings (SSSR count). The lowest BCUT2D eigenvalue weighted by Crippen LogP contribution is -2.40. The van der Waals surface area contributed by atoms with Crippen LogP contribution in [0.1, 0.15) is 43.9 Å². The third-order valence-electron chi connectivity index (χ3n) is 5.69. The summed E-state index contributed by atoms with van der Waals surface area (Å²) in [4.78, 5) is 15.5. The first kappa shape index (κ1) is 20.2. The normalized spacial score (nSPS) is 18.5. The topological polar surface area (TPSA) is 38.8 Å². The molecule has 1 amide bonds. The van der Waals surface area contributed by atoms with E-state index in [2.05, 4.69) is 45.9 Å². The van der Waals surface area contributed by atoms with E-state index < -0.39 is 5.41 Å². The van der Waals surface area contributed by atoms with Crippen LogP contribution in [-0.2, 0) is 16.6 Å². The van der Waals surface area contributed by atoms with Crippen LogP contribution in [-0.4, -0.2) is 26.7 Å². The Morgan fingerprint density at radius 3 is 2.39 bits per heavy atom. The molecule has 150 valence electrons. The highest BCUT2D eigenvalue weighted by molar-refractivity contribution is 6.08. The van der Waals surface area contributed by atoms with Crippen molar-refractivity contribution in [1.82, 2.24) is 0 Å². The van der Waals surface area contributed by atoms with Crippen molar-refractivity contribution < 1.29 is 14.3 Å². The lowest BCUT2D eigenvalue weighted by Gasteiger charge is -2.25. The first-order valence-electron chi connectivity index (χ1n) is 9.94. The van der Waals surface area contributed by atoms with E-state index >= 15 is 0 Å². The highest BCUT2D eigenvalue weighted by atomic mass is 16.5. The Balaban J connectivity index is 2.00. The van der Waals surface area contributed by atoms with Gasteiger partial charge in [-0.2, -0.15) is 0 Å². The molecule has 2 aromatic carbocycles. The van der Waals surface area contributed by atoms with Crippen LogP contribution in [0.5, 0.6) is 11.5 Å². The van der Waals surface area contributed by atoms with Crippen molar-refractivity contribution in [1.29, 1.82) is 0 Å². The number of amides is 1. The number of rotatable bonds is 7. The molecule has 0 saturated heterocycles. The molecule has 0 bridgehead atoms. The molecule has 1 atom stereocenters. The summed E-state index contributed by atoms with van der Waals surface area (Å²) in [5.74, 6) is 2.13. The molecule has 0 fully saturated rings. The van der Waals surface area contributed by atoms with Crippen molar-refractivity contribution in [2.45, 2.75) is 46.0 Å². The molecular weight excluding hydrogens is 350 g/mol. The standard InChI is InChI=1S/C24H31NO3/c1-16(2)11-12-25-20-9-7-17(3)13-19(20)24(4,23(25)26)15-18-8-10-21(27-5)22(14-18)28-6/h7-10,13-14,16H,11-12,15H2,1-6H3. The molecule has 1 aliphatic rings. The minimum Gasteiger partial charge on any atom is -0.493 e. The Bertz CT molecular complexity index is 874. The van der Waals surface area contributed by atoms with Crippen molar-refractivity contribution in [3.63, 3.8) is 0 Å². The number of anilines is 1. The highest BCUT2D eigenvalue weighted by Crippen LogP contribution is 2.45. The number of ether oxygens (including phenoxy) is 2. The molecule has 0 aliphatic carbocycles. The number of benzene rings is 2. The zero-order valence-electron chi connectivity index (χ0n) is 17.8. The second-order valence-corrected chi connectivity index (χ2v) is 8.36. The Kier molecular flexibility index (Phi) is 5.69. The van der Waals surface area contributed by atoms with Gasteiger partial charge in [0.15, 0.2) is 11.5 Å². The first-order valence-corrected chi connectivity index (χ1v) is 9.94. The summed E-state index contributed by atoms with van der Waals surface area (Å²) in [6, 6.07) is 12.3. The average molecular weight is 382 g/mol. The number of methoxy groups -OCH3 is 2. The van der Waals surface area contributed by atoms with E-state index in [0.717, 1.165) is 29.8 Å². The molecule has 4 heteroatoms. The fourth-order valence-corrected chi connectivity index (χ4v) is 4.03. The fourth-order valence-electron chi connectivity index (χ4n) is 4.03. The molecule has 1 unspecified atom stereocenters. The number of hydrogen-bond donors (Lipinski definition) is 0. The summed E-state index contributed by atoms with van der Waals surface area (Å²) >= 11 is 0. The average Bonchev–Trinajstić information content (AvgIpc) is 2.87. The molecule has 0 saturated carbocycles. The zero-order chi connectivity index (χ0) is 20.5. The quantitative estimate of drug-likeness (QED) is 0.684. The maximum Gasteiger partial charge on any atom is 0.237 e. The third kappa shape index (κ3) is 3.60. The monoisotopic (exact) mass is 381 g/mol. The van der Waals surface area contributed by atoms with Gasteiger partial charge in [-0.25, -0.2) is 0 Å². The first-order chi connectivity index (χ1) is 13.3. The van der Waals surface area contributed by atoms with Crippen LogP contribution < -0.4 is 14.4 Å². The van der Waals surface area contributed by atoms with Crippen LogP contribution in [0.4, 0.5) is 5.69 Å². The van der Waals surface area contributed by atoms with Gasteiger partial charge in [0.1, 0.15) is 0 Å². The van der Waals surface area contributed by atoms with Crippen LogP contribution in [0.3, 0.4) is 0 Å². The second-order valence-electron chi connectivity index (χ2n) is 8.36. The van der Waals surface area contributed by atoms with E-state index in [1.54, 1.807) is 14.2 Å². The van der Waals surface area contributed by atoms with Gasteiger partial charge in [-0.15, -0.1) is 0 Å². The molecule has 2 aromatic rings. The SMILES string of the molecule is COc1ccc(CC2(C)C(=O)N(CCC(C)C)c3ccc(C)cc32)cc1OC. The molecule has 0 N–H and O–H groups in total. The van der Waals surface area contributed by atoms with Gasteiger partial charge in [0.25, 0.3) is 0 Å². The summed E-state index contributed by atoms with van der Waals surface area (Å²) in [6.07, 6.45) is 1.62. The Labute approximate surface area is 168 Å². The van der Waals surface area contributed by atoms with Crippen LogP contribution in [0.2, 0.25) is 0 Å². The second kappa shape index (κ2) is 7.86. The van der Waals surface area contributed by atoms with Gasteiger partial charge in [-0.1, -0.05) is 37.6 Å². The predicted molar refractivity (Wildman–Crippen MR) is 114 cm³/mol. The van der Waals surface area contributed by atoms with Gasteiger partial charge in [-0.05, 0) is 61.9 Å². The minimum atomic E-state index is -0.585. The van der Waals surface area contributed by atoms with Gasteiger partial charge in [0, 0.05) is 12.2 Å². The summed E-state index contributed by atoms with van der Waals surface area (Å²) in [5.41, 5.74) is 3.83. The van der Waals surface area contributed by atoms with Crippen LogP contribution in [0, 0.1) is 12.8 Å². The van der Waals surface area contributed by atoms with E-state index in [9.17, 15) is 4.79 Å². The lowest BCUT2D eigenvalue weighted by atomic mass is 9.78. The maximum absolute atomic E-state index is 13.6. The van der Waals surface area contributed by atoms with Crippen molar-refractivity contribution >= 4 is 11.6 Å². The Hall–Kier alpha value is -2.49. The predicted octanol–water partition coefficient (Wildman–Crippen LogP) is 4.91. The van der Waals surface area contributed by atoms with E-state index in [-0.39, 0.29) is 5.91 Å². The van der Waals surface area contributed by atoms with Crippen molar-refractivity contribution in [2.24, 2.45) is 5.92 Å². The molecule has 0 aromatic heterocycles. The minimum absolute atomic E-state index is 0.184. The number of nitrogens with zero attached hydrogens (tertiary/aromatic N) is 1. The van der Waals surface area contributed by atoms with Crippen LogP contribution in [0.25, 0.3) is 0 Å². The van der Waals surface area contributed by atoms with Gasteiger partial charge >= 0.3 is 0 Å². The number of carbonyl (C=O) groups is 1. The number of carbonyl (C=O) groups excluding carboxylic acids is 1. The molecule has 1 aliphatic heterocycles. The highest BCUT2D eigenvalue weighted by Gasteiger charge is 2.47. The summed E-state index contributed by atoms with van der Waals surface area (Å²) in [5, 5.41) is 0. The Morgan fingerprint density at radius 2 is 1.75 bits per heavy atom. The van der Waals surface area contributed by atoms with E-state index in [1.165, 1.54) is 5.56 Å². The van der Waals surface area contributed by atoms with Crippen molar-refractivity contribution in [3.8, 4) is 11.5 Å². The van der Waals surface area contributed by atoms with Gasteiger partial charge < -0.3 is 14.4 Å². The van der Waals surface area contributed by atoms with E-state index in [0.29, 0.717) is 23.8 Å². The third-order valence-corrected chi connectivity index (χ3v) is 5.69. The molecule has 0 radical (unpaired) electrons. The molecular formula is C24H31NO3. The maximum atomic E-state index is 13.6. The molecule has 4 nitrogen and oxygen atoms in total. The van der Waals surface area contributed by atoms with Gasteiger partial charge in [-0.3, -0.25) is 4.79 Å². The van der Waals surface area contributed by atoms with Crippen molar-refractivity contribution in [2.75, 3.05) is 25.7 Å². The number of aryl methyl sites for hydroxylation is 1. The van der Waals surface area contributed by atoms with Crippen LogP contribution in [0.15, 0.2) is 36.4 Å². The Morgan fingerprint density at radius 1 is 1.04 bits per heavy atom. The number of hydrogen-bond acceptors (Lipinski definition) is 3. The van der Waals surface area contributed by atoms with Gasteiger partial charge in [0.2, 0.25) is 5.91 Å². The van der Waals surface area contributed by atoms with E-state index in [1.807, 2.05) is 23.1 Å². The smallest absolute Gasteiger partial charge is 0.237 e. The van der Waals surface area contributed by atoms with E-state index in [4.69, 9.17) is 9.47 Å². The summed E-state index contributed by atoms with van der Waals surface area (Å²) < 4.78 is 10.8. The van der Waals surface area contributed by atoms with Crippen molar-refractivity contribution in [3.05, 3.63) is 53.1 Å². The summed E-state index contributed by atoms with van der Waals surface area (Å²) in [7, 11) is 3.27. The number of fused-ring (bicyclic) bond motifs is 1. The summed E-state index contributed by atoms with van der Waals surface area (Å²) in [6.45, 7) is 9.30. The molecule has 1 heterocycles.